The van der Waals surface area contributed by atoms with Crippen LogP contribution in [0.15, 0.2) is 42.6 Å². The monoisotopic (exact) mass is 599 g/mol. The molecule has 44 heavy (non-hydrogen) atoms. The lowest BCUT2D eigenvalue weighted by Crippen LogP contribution is -2.43. The molecule has 0 amide bonds. The molecule has 0 N–H and O–H groups in total. The van der Waals surface area contributed by atoms with Gasteiger partial charge in [-0.25, -0.2) is 8.78 Å². The highest BCUT2D eigenvalue weighted by atomic mass is 19.1. The number of anilines is 1. The Balaban J connectivity index is 1.28. The molecular weight excluding hydrogens is 564 g/mol. The zero-order valence-corrected chi connectivity index (χ0v) is 24.6. The maximum absolute atomic E-state index is 16.8. The summed E-state index contributed by atoms with van der Waals surface area (Å²) in [5.41, 5.74) is 1.57. The Labute approximate surface area is 254 Å². The topological polar surface area (TPSA) is 80.7 Å². The van der Waals surface area contributed by atoms with Crippen LogP contribution in [0, 0.1) is 11.7 Å². The van der Waals surface area contributed by atoms with E-state index >= 15 is 4.39 Å². The lowest BCUT2D eigenvalue weighted by atomic mass is 9.94. The number of esters is 1. The van der Waals surface area contributed by atoms with Crippen LogP contribution in [0.4, 0.5) is 14.6 Å². The first-order valence-corrected chi connectivity index (χ1v) is 15.8. The summed E-state index contributed by atoms with van der Waals surface area (Å²) in [7, 11) is 0. The van der Waals surface area contributed by atoms with Crippen molar-refractivity contribution >= 4 is 33.5 Å². The van der Waals surface area contributed by atoms with E-state index < -0.39 is 12.0 Å². The van der Waals surface area contributed by atoms with Gasteiger partial charge in [0.15, 0.2) is 5.82 Å². The molecule has 2 aromatic heterocycles. The van der Waals surface area contributed by atoms with Crippen molar-refractivity contribution in [1.82, 2.24) is 19.9 Å². The number of carbonyl (C=O) groups is 1. The van der Waals surface area contributed by atoms with Gasteiger partial charge in [0.05, 0.1) is 24.0 Å². The van der Waals surface area contributed by atoms with Crippen LogP contribution in [0.2, 0.25) is 0 Å². The van der Waals surface area contributed by atoms with E-state index in [4.69, 9.17) is 14.5 Å². The fourth-order valence-electron chi connectivity index (χ4n) is 7.98. The third-order valence-corrected chi connectivity index (χ3v) is 10.0. The highest BCUT2D eigenvalue weighted by Crippen LogP contribution is 2.41. The molecule has 0 unspecified atom stereocenters. The molecule has 3 fully saturated rings. The van der Waals surface area contributed by atoms with Gasteiger partial charge in [0.25, 0.3) is 0 Å². The van der Waals surface area contributed by atoms with E-state index in [0.29, 0.717) is 55.7 Å². The summed E-state index contributed by atoms with van der Waals surface area (Å²) in [6.45, 7) is 3.05. The zero-order chi connectivity index (χ0) is 29.8. The molecule has 8 nitrogen and oxygen atoms in total. The van der Waals surface area contributed by atoms with Gasteiger partial charge in [-0.3, -0.25) is 14.7 Å². The second-order valence-corrected chi connectivity index (χ2v) is 12.8. The summed E-state index contributed by atoms with van der Waals surface area (Å²) < 4.78 is 43.2. The van der Waals surface area contributed by atoms with Gasteiger partial charge in [0.1, 0.15) is 29.8 Å². The summed E-state index contributed by atoms with van der Waals surface area (Å²) in [6, 6.07) is 11.8. The van der Waals surface area contributed by atoms with Gasteiger partial charge in [-0.05, 0) is 54.5 Å². The fourth-order valence-corrected chi connectivity index (χ4v) is 7.98. The molecule has 0 radical (unpaired) electrons. The van der Waals surface area contributed by atoms with E-state index in [2.05, 4.69) is 19.8 Å². The maximum atomic E-state index is 16.8. The van der Waals surface area contributed by atoms with Crippen LogP contribution >= 0.6 is 0 Å². The molecule has 5 aliphatic rings. The summed E-state index contributed by atoms with van der Waals surface area (Å²) in [5.74, 6) is -0.121. The number of nitrogens with zero attached hydrogens (tertiary/aromatic N) is 5. The summed E-state index contributed by atoms with van der Waals surface area (Å²) >= 11 is 0. The van der Waals surface area contributed by atoms with Crippen LogP contribution in [0.1, 0.15) is 44.1 Å². The van der Waals surface area contributed by atoms with Gasteiger partial charge in [0.2, 0.25) is 0 Å². The van der Waals surface area contributed by atoms with Gasteiger partial charge >= 0.3 is 12.0 Å². The number of fused-ring (bicyclic) bond motifs is 6. The van der Waals surface area contributed by atoms with Gasteiger partial charge in [-0.15, -0.1) is 0 Å². The van der Waals surface area contributed by atoms with Gasteiger partial charge in [-0.2, -0.15) is 9.97 Å². The predicted octanol–water partition coefficient (Wildman–Crippen LogP) is 5.65. The van der Waals surface area contributed by atoms with E-state index in [1.165, 1.54) is 0 Å². The summed E-state index contributed by atoms with van der Waals surface area (Å²) in [6.07, 6.45) is 5.62. The van der Waals surface area contributed by atoms with Crippen molar-refractivity contribution in [2.45, 2.75) is 56.7 Å². The van der Waals surface area contributed by atoms with E-state index in [1.54, 1.807) is 6.20 Å². The minimum Gasteiger partial charge on any atom is -0.465 e. The first kappa shape index (κ1) is 27.6. The third-order valence-electron chi connectivity index (χ3n) is 10.0. The number of hydrogen-bond acceptors (Lipinski definition) is 8. The largest absolute Gasteiger partial charge is 0.465 e. The third kappa shape index (κ3) is 4.74. The first-order chi connectivity index (χ1) is 21.5. The Bertz CT molecular complexity index is 1760. The molecule has 0 aliphatic carbocycles. The van der Waals surface area contributed by atoms with Crippen LogP contribution in [0.25, 0.3) is 32.9 Å². The molecule has 0 saturated carbocycles. The molecule has 2 aromatic carbocycles. The van der Waals surface area contributed by atoms with Crippen LogP contribution in [0.3, 0.4) is 0 Å². The molecule has 228 valence electrons. The lowest BCUT2D eigenvalue weighted by molar-refractivity contribution is -0.144. The number of halogens is 2. The van der Waals surface area contributed by atoms with Gasteiger partial charge < -0.3 is 14.4 Å². The number of ether oxygens (including phenoxy) is 2. The molecule has 9 rings (SSSR count). The van der Waals surface area contributed by atoms with Crippen LogP contribution in [-0.4, -0.2) is 76.9 Å². The Kier molecular flexibility index (Phi) is 6.85. The first-order valence-electron chi connectivity index (χ1n) is 15.8. The van der Waals surface area contributed by atoms with E-state index in [1.807, 2.05) is 36.4 Å². The number of piperidine rings is 1. The Morgan fingerprint density at radius 1 is 1.09 bits per heavy atom. The number of aromatic nitrogens is 3. The predicted molar refractivity (Wildman–Crippen MR) is 163 cm³/mol. The van der Waals surface area contributed by atoms with Crippen molar-refractivity contribution in [3.05, 3.63) is 54.0 Å². The fraction of sp³-hybridized carbons (Fsp3) is 0.471. The smallest absolute Gasteiger partial charge is 0.319 e. The second-order valence-electron chi connectivity index (χ2n) is 12.8. The minimum absolute atomic E-state index is 0.0747. The van der Waals surface area contributed by atoms with E-state index in [-0.39, 0.29) is 47.9 Å². The number of alkyl halides is 1. The molecule has 5 aliphatic heterocycles. The lowest BCUT2D eigenvalue weighted by Gasteiger charge is -2.34. The SMILES string of the molecule is O=C1C[C@@H]2CCCN(C2)c2nc(OC[C@@]34CCCN3C[C@H](F)C4)nc3c(F)c(ncc23)-c2cccc3cccc(c23)CCO1. The van der Waals surface area contributed by atoms with Crippen LogP contribution in [0.5, 0.6) is 6.01 Å². The van der Waals surface area contributed by atoms with Crippen molar-refractivity contribution in [3.63, 3.8) is 0 Å². The van der Waals surface area contributed by atoms with E-state index in [0.717, 1.165) is 48.6 Å². The quantitative estimate of drug-likeness (QED) is 0.280. The number of rotatable bonds is 3. The summed E-state index contributed by atoms with van der Waals surface area (Å²) in [5, 5.41) is 2.32. The molecular formula is C34H35F2N5O3. The second kappa shape index (κ2) is 10.9. The molecule has 10 heteroatoms. The number of pyridine rings is 1. The van der Waals surface area contributed by atoms with Crippen LogP contribution < -0.4 is 9.64 Å². The van der Waals surface area contributed by atoms with Crippen molar-refractivity contribution in [2.24, 2.45) is 5.92 Å². The number of carbonyl (C=O) groups excluding carboxylic acids is 1. The van der Waals surface area contributed by atoms with E-state index in [9.17, 15) is 9.18 Å². The Morgan fingerprint density at radius 3 is 2.89 bits per heavy atom. The minimum atomic E-state index is -0.882. The average Bonchev–Trinajstić information content (AvgIpc) is 3.55. The van der Waals surface area contributed by atoms with Crippen molar-refractivity contribution in [1.29, 1.82) is 0 Å². The maximum Gasteiger partial charge on any atom is 0.319 e. The van der Waals surface area contributed by atoms with Gasteiger partial charge in [0, 0.05) is 44.2 Å². The molecule has 6 bridgehead atoms. The number of benzene rings is 2. The van der Waals surface area contributed by atoms with Crippen molar-refractivity contribution in [2.75, 3.05) is 44.3 Å². The Morgan fingerprint density at radius 2 is 1.98 bits per heavy atom. The van der Waals surface area contributed by atoms with Crippen molar-refractivity contribution in [3.8, 4) is 17.3 Å². The standard InChI is InChI=1S/C34H35F2N5O3/c35-24-16-34(11-4-13-41(34)19-24)20-44-33-38-31-26-17-37-30(29(31)36)25-9-2-8-22-6-1-7-23(28(22)25)10-14-43-27(42)15-21-5-3-12-40(18-21)32(26)39-33/h1-2,6-9,17,21,24H,3-5,10-16,18-20H2/t21-,24+,34-/m0/s1. The molecule has 7 heterocycles. The van der Waals surface area contributed by atoms with Crippen molar-refractivity contribution < 1.29 is 23.0 Å². The molecule has 3 saturated heterocycles. The summed E-state index contributed by atoms with van der Waals surface area (Å²) in [4.78, 5) is 31.3. The van der Waals surface area contributed by atoms with Crippen LogP contribution in [-0.2, 0) is 16.0 Å². The molecule has 3 atom stereocenters. The average molecular weight is 600 g/mol. The molecule has 0 spiro atoms. The normalized spacial score (nSPS) is 25.6. The highest BCUT2D eigenvalue weighted by molar-refractivity contribution is 6.00. The highest BCUT2D eigenvalue weighted by Gasteiger charge is 2.49. The van der Waals surface area contributed by atoms with Gasteiger partial charge in [-0.1, -0.05) is 36.4 Å². The number of hydrogen-bond donors (Lipinski definition) is 0. The Hall–Kier alpha value is -3.92. The molecule has 4 aromatic rings. The zero-order valence-electron chi connectivity index (χ0n) is 24.6.